The number of aliphatic hydroxyl groups excluding tert-OH is 2. The lowest BCUT2D eigenvalue weighted by molar-refractivity contribution is -0.384. The molecule has 3 aliphatic heterocycles. The summed E-state index contributed by atoms with van der Waals surface area (Å²) in [6, 6.07) is 5.98. The zero-order valence-electron chi connectivity index (χ0n) is 42.2. The number of Topliss-reactive ketones (excluding diaryl/α,β-unsaturated/α-hetero) is 1. The van der Waals surface area contributed by atoms with Gasteiger partial charge in [-0.1, -0.05) is 50.2 Å². The van der Waals surface area contributed by atoms with Gasteiger partial charge in [-0.15, -0.1) is 5.10 Å². The van der Waals surface area contributed by atoms with E-state index in [0.717, 1.165) is 30.6 Å². The molecule has 3 N–H and O–H groups in total. The number of aliphatic hydroxyl groups is 3. The molecule has 0 amide bonds. The number of non-ortho nitro benzene ring substituents is 1. The Morgan fingerprint density at radius 3 is 2.43 bits per heavy atom. The Hall–Kier alpha value is -4.02. The van der Waals surface area contributed by atoms with Crippen LogP contribution in [-0.2, 0) is 52.8 Å². The van der Waals surface area contributed by atoms with Gasteiger partial charge in [0.15, 0.2) is 12.1 Å². The number of likely N-dealkylation sites (N-methyl/N-ethyl adjacent to an activating group) is 1. The Morgan fingerprint density at radius 2 is 1.78 bits per heavy atom. The van der Waals surface area contributed by atoms with Gasteiger partial charge < -0.3 is 44.0 Å². The molecule has 4 heterocycles. The number of benzene rings is 1. The number of cyclic esters (lactones) is 1. The Morgan fingerprint density at radius 1 is 1.07 bits per heavy atom. The third-order valence-corrected chi connectivity index (χ3v) is 14.7. The van der Waals surface area contributed by atoms with E-state index in [2.05, 4.69) is 15.2 Å². The van der Waals surface area contributed by atoms with Crippen LogP contribution < -0.4 is 0 Å². The monoisotopic (exact) mass is 976 g/mol. The number of nitro benzene ring substituents is 1. The minimum absolute atomic E-state index is 0.0342. The van der Waals surface area contributed by atoms with Crippen molar-refractivity contribution in [2.45, 2.75) is 173 Å². The molecular formula is C49H78FN7O12. The van der Waals surface area contributed by atoms with Crippen LogP contribution in [-0.4, -0.2) is 170 Å². The van der Waals surface area contributed by atoms with Gasteiger partial charge in [0.25, 0.3) is 5.69 Å². The van der Waals surface area contributed by atoms with Gasteiger partial charge in [0.1, 0.15) is 29.8 Å². The molecule has 14 atom stereocenters. The highest BCUT2D eigenvalue weighted by Crippen LogP contribution is 2.39. The fourth-order valence-electron chi connectivity index (χ4n) is 10.3. The summed E-state index contributed by atoms with van der Waals surface area (Å²) in [5.74, 6) is -5.05. The van der Waals surface area contributed by atoms with Gasteiger partial charge in [-0.05, 0) is 91.8 Å². The highest BCUT2D eigenvalue weighted by atomic mass is 19.1. The molecule has 20 heteroatoms. The van der Waals surface area contributed by atoms with Crippen molar-refractivity contribution in [2.75, 3.05) is 47.0 Å². The number of ketones is 1. The first kappa shape index (κ1) is 55.9. The van der Waals surface area contributed by atoms with E-state index in [0.29, 0.717) is 57.6 Å². The standard InChI is InChI=1S/C49H78FN7O12/c1-11-40-49(8,62)44(60)32(4)41(52-69-38-14-12-22-55(29-38)23-13-21-50)30(2)27-48(7,65-10)45(33(5)42(58)34(6)46(61)67-40)68-47-43(59)39(26-31(3)66-47)54(9)24-20-36-28-56(53-51-36)25-19-35-15-17-37(18-16-35)57(63)64/h15-18,28,30-34,38-40,43-45,47,59-60,62H,11-14,19-27,29H2,1-10H3/b52-41+/t30-,31-,32+,33+,34-,38-,39+,40-,43-,44-,45-,47+,48-,49-/m1/s1. The molecule has 1 aromatic heterocycles. The SMILES string of the molecule is CC[C@H]1OC(=O)[C@H](C)C(=O)[C@H](C)[C@@H](O[C@@H]2O[C@H](C)C[C@H](N(C)CCc3cn(CCc4ccc([N+](=O)[O-])cc4)nn3)[C@H]2O)[C@](C)(OC)C[C@@H](C)/C(=N\O[C@@H]2CCCN(CCCF)C2)[C@H](C)[C@@H](O)[C@]1(C)O. The van der Waals surface area contributed by atoms with Crippen LogP contribution in [0.4, 0.5) is 10.1 Å². The predicted molar refractivity (Wildman–Crippen MR) is 254 cm³/mol. The number of piperidine rings is 1. The molecule has 0 bridgehead atoms. The van der Waals surface area contributed by atoms with Crippen LogP contribution in [0.2, 0.25) is 0 Å². The smallest absolute Gasteiger partial charge is 0.316 e. The van der Waals surface area contributed by atoms with Crippen LogP contribution in [0.3, 0.4) is 0 Å². The van der Waals surface area contributed by atoms with E-state index in [1.807, 2.05) is 32.0 Å². The van der Waals surface area contributed by atoms with Crippen LogP contribution in [0.25, 0.3) is 0 Å². The van der Waals surface area contributed by atoms with Gasteiger partial charge in [-0.2, -0.15) is 0 Å². The van der Waals surface area contributed by atoms with Crippen molar-refractivity contribution in [3.8, 4) is 0 Å². The number of esters is 1. The Bertz CT molecular complexity index is 2010. The third kappa shape index (κ3) is 14.1. The highest BCUT2D eigenvalue weighted by Gasteiger charge is 2.52. The molecule has 388 valence electrons. The molecule has 1 aromatic carbocycles. The number of methoxy groups -OCH3 is 1. The van der Waals surface area contributed by atoms with Crippen molar-refractivity contribution in [1.82, 2.24) is 24.8 Å². The van der Waals surface area contributed by atoms with Gasteiger partial charge in [0.2, 0.25) is 0 Å². The molecule has 3 saturated heterocycles. The number of hydrogen-bond donors (Lipinski definition) is 3. The third-order valence-electron chi connectivity index (χ3n) is 14.7. The predicted octanol–water partition coefficient (Wildman–Crippen LogP) is 4.71. The molecule has 0 radical (unpaired) electrons. The lowest BCUT2D eigenvalue weighted by atomic mass is 9.74. The summed E-state index contributed by atoms with van der Waals surface area (Å²) in [4.78, 5) is 49.3. The molecule has 2 aromatic rings. The first-order valence-electron chi connectivity index (χ1n) is 24.7. The fourth-order valence-corrected chi connectivity index (χ4v) is 10.3. The average Bonchev–Trinajstić information content (AvgIpc) is 3.80. The van der Waals surface area contributed by atoms with Gasteiger partial charge in [-0.3, -0.25) is 33.7 Å². The number of oxime groups is 1. The number of ether oxygens (including phenoxy) is 4. The maximum Gasteiger partial charge on any atom is 0.316 e. The van der Waals surface area contributed by atoms with Crippen molar-refractivity contribution in [3.63, 3.8) is 0 Å². The van der Waals surface area contributed by atoms with E-state index in [-0.39, 0.29) is 30.7 Å². The second kappa shape index (κ2) is 24.9. The molecule has 0 saturated carbocycles. The number of aryl methyl sites for hydroxylation is 2. The van der Waals surface area contributed by atoms with Crippen LogP contribution >= 0.6 is 0 Å². The largest absolute Gasteiger partial charge is 0.459 e. The number of nitro groups is 1. The minimum Gasteiger partial charge on any atom is -0.459 e. The Labute approximate surface area is 406 Å². The number of likely N-dealkylation sites (tertiary alicyclic amines) is 1. The number of aromatic nitrogens is 3. The maximum atomic E-state index is 14.5. The van der Waals surface area contributed by atoms with Crippen molar-refractivity contribution >= 4 is 23.2 Å². The number of halogens is 1. The summed E-state index contributed by atoms with van der Waals surface area (Å²) in [7, 11) is 3.40. The first-order valence-corrected chi connectivity index (χ1v) is 24.7. The maximum absolute atomic E-state index is 14.5. The Kier molecular flexibility index (Phi) is 20.2. The molecular weight excluding hydrogens is 898 g/mol. The van der Waals surface area contributed by atoms with Crippen molar-refractivity contribution in [2.24, 2.45) is 28.8 Å². The average molecular weight is 976 g/mol. The second-order valence-corrected chi connectivity index (χ2v) is 20.1. The van der Waals surface area contributed by atoms with Crippen molar-refractivity contribution < 1.29 is 58.0 Å². The second-order valence-electron chi connectivity index (χ2n) is 20.1. The van der Waals surface area contributed by atoms with Gasteiger partial charge in [0, 0.05) is 81.8 Å². The van der Waals surface area contributed by atoms with Gasteiger partial charge in [0.05, 0.1) is 46.9 Å². The highest BCUT2D eigenvalue weighted by molar-refractivity contribution is 6.00. The molecule has 3 fully saturated rings. The summed E-state index contributed by atoms with van der Waals surface area (Å²) in [6.45, 7) is 16.1. The molecule has 0 aliphatic carbocycles. The number of nitrogens with zero attached hydrogens (tertiary/aromatic N) is 7. The summed E-state index contributed by atoms with van der Waals surface area (Å²) in [5.41, 5.74) is -1.15. The summed E-state index contributed by atoms with van der Waals surface area (Å²) >= 11 is 0. The van der Waals surface area contributed by atoms with Crippen LogP contribution in [0.5, 0.6) is 0 Å². The number of alkyl halides is 1. The van der Waals surface area contributed by atoms with E-state index in [9.17, 15) is 39.4 Å². The van der Waals surface area contributed by atoms with E-state index in [1.54, 1.807) is 44.5 Å². The molecule has 0 spiro atoms. The molecule has 3 aliphatic rings. The number of hydrogen-bond acceptors (Lipinski definition) is 17. The quantitative estimate of drug-likeness (QED) is 0.0843. The first-order chi connectivity index (χ1) is 32.6. The summed E-state index contributed by atoms with van der Waals surface area (Å²) < 4.78 is 40.2. The van der Waals surface area contributed by atoms with Crippen molar-refractivity contribution in [3.05, 3.63) is 51.8 Å². The lowest BCUT2D eigenvalue weighted by Crippen LogP contribution is -2.60. The van der Waals surface area contributed by atoms with Crippen LogP contribution in [0.15, 0.2) is 35.6 Å². The molecule has 5 rings (SSSR count). The zero-order valence-corrected chi connectivity index (χ0v) is 42.2. The lowest BCUT2D eigenvalue weighted by Gasteiger charge is -2.47. The van der Waals surface area contributed by atoms with E-state index in [1.165, 1.54) is 33.1 Å². The molecule has 69 heavy (non-hydrogen) atoms. The van der Waals surface area contributed by atoms with Gasteiger partial charge >= 0.3 is 5.97 Å². The Balaban J connectivity index is 1.39. The normalized spacial score (nSPS) is 35.2. The fraction of sp³-hybridized carbons (Fsp3) is 0.776. The van der Waals surface area contributed by atoms with E-state index in [4.69, 9.17) is 28.9 Å². The minimum atomic E-state index is -1.96. The number of rotatable bonds is 17. The van der Waals surface area contributed by atoms with Gasteiger partial charge in [-0.25, -0.2) is 0 Å². The zero-order chi connectivity index (χ0) is 50.8. The van der Waals surface area contributed by atoms with Crippen molar-refractivity contribution in [1.29, 1.82) is 0 Å². The molecule has 0 unspecified atom stereocenters. The van der Waals surface area contributed by atoms with E-state index >= 15 is 0 Å². The summed E-state index contributed by atoms with van der Waals surface area (Å²) in [5, 5.41) is 60.4. The van der Waals surface area contributed by atoms with Crippen LogP contribution in [0, 0.1) is 33.8 Å². The van der Waals surface area contributed by atoms with Crippen LogP contribution in [0.1, 0.15) is 105 Å². The topological polar surface area (TPSA) is 234 Å². The number of carbonyl (C=O) groups excluding carboxylic acids is 2. The molecule has 19 nitrogen and oxygen atoms in total. The van der Waals surface area contributed by atoms with E-state index < -0.39 is 95.0 Å². The summed E-state index contributed by atoms with van der Waals surface area (Å²) in [6.07, 6.45) is -1.15. The number of carbonyl (C=O) groups is 2.